The summed E-state index contributed by atoms with van der Waals surface area (Å²) in [5.41, 5.74) is 1.02. The van der Waals surface area contributed by atoms with Gasteiger partial charge >= 0.3 is 0 Å². The van der Waals surface area contributed by atoms with Gasteiger partial charge in [0.05, 0.1) is 0 Å². The smallest absolute Gasteiger partial charge is 0.210 e. The molecule has 0 radical (unpaired) electrons. The van der Waals surface area contributed by atoms with Gasteiger partial charge in [-0.05, 0) is 24.5 Å². The summed E-state index contributed by atoms with van der Waals surface area (Å²) in [5.74, 6) is 0. The first-order valence-corrected chi connectivity index (χ1v) is 5.13. The molecule has 0 bridgehead atoms. The summed E-state index contributed by atoms with van der Waals surface area (Å²) < 4.78 is 0. The molecule has 2 nitrogen and oxygen atoms in total. The van der Waals surface area contributed by atoms with Crippen molar-refractivity contribution in [1.29, 1.82) is 0 Å². The molecule has 0 spiro atoms. The van der Waals surface area contributed by atoms with Gasteiger partial charge in [0.2, 0.25) is 6.41 Å². The van der Waals surface area contributed by atoms with Gasteiger partial charge < -0.3 is 4.90 Å². The zero-order valence-electron chi connectivity index (χ0n) is 7.82. The van der Waals surface area contributed by atoms with Crippen LogP contribution >= 0.6 is 11.6 Å². The Labute approximate surface area is 88.5 Å². The predicted molar refractivity (Wildman–Crippen MR) is 56.1 cm³/mol. The highest BCUT2D eigenvalue weighted by Gasteiger charge is 2.28. The molecule has 1 fully saturated rings. The van der Waals surface area contributed by atoms with E-state index in [-0.39, 0.29) is 0 Å². The van der Waals surface area contributed by atoms with Crippen molar-refractivity contribution >= 4 is 18.0 Å². The number of hydrogen-bond acceptors (Lipinski definition) is 1. The lowest BCUT2D eigenvalue weighted by molar-refractivity contribution is -0.119. The van der Waals surface area contributed by atoms with Crippen LogP contribution in [0.5, 0.6) is 0 Å². The Balaban J connectivity index is 2.08. The van der Waals surface area contributed by atoms with Crippen molar-refractivity contribution < 1.29 is 4.79 Å². The van der Waals surface area contributed by atoms with E-state index in [4.69, 9.17) is 11.6 Å². The van der Waals surface area contributed by atoms with Crippen LogP contribution in [0.1, 0.15) is 18.4 Å². The van der Waals surface area contributed by atoms with Gasteiger partial charge in [0.15, 0.2) is 0 Å². The van der Waals surface area contributed by atoms with Crippen LogP contribution in [0.2, 0.25) is 5.02 Å². The molecule has 0 N–H and O–H groups in total. The number of hydrogen-bond donors (Lipinski definition) is 0. The molecule has 0 unspecified atom stereocenters. The summed E-state index contributed by atoms with van der Waals surface area (Å²) >= 11 is 6.01. The van der Waals surface area contributed by atoms with E-state index in [0.717, 1.165) is 29.8 Å². The minimum Gasteiger partial charge on any atom is -0.338 e. The summed E-state index contributed by atoms with van der Waals surface area (Å²) in [4.78, 5) is 12.6. The number of amides is 1. The fourth-order valence-corrected chi connectivity index (χ4v) is 1.68. The third kappa shape index (κ3) is 2.07. The van der Waals surface area contributed by atoms with E-state index in [9.17, 15) is 4.79 Å². The number of carbonyl (C=O) groups excluding carboxylic acids is 1. The summed E-state index contributed by atoms with van der Waals surface area (Å²) in [6.45, 7) is 0.633. The lowest BCUT2D eigenvalue weighted by atomic mass is 10.2. The molecular weight excluding hydrogens is 198 g/mol. The van der Waals surface area contributed by atoms with Crippen LogP contribution in [0.3, 0.4) is 0 Å². The average molecular weight is 210 g/mol. The molecule has 1 aliphatic carbocycles. The molecule has 1 aliphatic rings. The molecule has 1 aromatic carbocycles. The molecule has 0 aliphatic heterocycles. The number of carbonyl (C=O) groups is 1. The van der Waals surface area contributed by atoms with Crippen LogP contribution in [-0.4, -0.2) is 17.4 Å². The number of benzene rings is 1. The van der Waals surface area contributed by atoms with E-state index in [1.807, 2.05) is 29.2 Å². The third-order valence-corrected chi connectivity index (χ3v) is 2.83. The Morgan fingerprint density at radius 1 is 1.43 bits per heavy atom. The summed E-state index contributed by atoms with van der Waals surface area (Å²) in [5, 5.41) is 0.736. The van der Waals surface area contributed by atoms with Crippen LogP contribution in [-0.2, 0) is 11.3 Å². The lowest BCUT2D eigenvalue weighted by Gasteiger charge is -2.16. The topological polar surface area (TPSA) is 20.3 Å². The fraction of sp³-hybridized carbons (Fsp3) is 0.364. The van der Waals surface area contributed by atoms with Crippen molar-refractivity contribution in [2.75, 3.05) is 0 Å². The molecule has 3 heteroatoms. The van der Waals surface area contributed by atoms with Crippen molar-refractivity contribution in [2.45, 2.75) is 25.4 Å². The van der Waals surface area contributed by atoms with Gasteiger partial charge in [-0.25, -0.2) is 0 Å². The van der Waals surface area contributed by atoms with Gasteiger partial charge in [0, 0.05) is 17.6 Å². The zero-order chi connectivity index (χ0) is 9.97. The molecule has 0 heterocycles. The molecule has 1 amide bonds. The molecule has 2 rings (SSSR count). The zero-order valence-corrected chi connectivity index (χ0v) is 8.57. The summed E-state index contributed by atoms with van der Waals surface area (Å²) in [7, 11) is 0. The van der Waals surface area contributed by atoms with Crippen molar-refractivity contribution in [3.8, 4) is 0 Å². The minimum absolute atomic E-state index is 0.448. The number of rotatable bonds is 4. The van der Waals surface area contributed by atoms with Crippen LogP contribution < -0.4 is 0 Å². The predicted octanol–water partition coefficient (Wildman–Crippen LogP) is 2.46. The van der Waals surface area contributed by atoms with Crippen molar-refractivity contribution in [3.63, 3.8) is 0 Å². The van der Waals surface area contributed by atoms with Gasteiger partial charge in [0.1, 0.15) is 0 Å². The molecule has 0 saturated heterocycles. The van der Waals surface area contributed by atoms with Gasteiger partial charge in [-0.2, -0.15) is 0 Å². The Morgan fingerprint density at radius 3 is 2.71 bits per heavy atom. The first-order chi connectivity index (χ1) is 6.81. The molecule has 14 heavy (non-hydrogen) atoms. The molecule has 0 atom stereocenters. The maximum atomic E-state index is 10.8. The Morgan fingerprint density at radius 2 is 2.14 bits per heavy atom. The molecule has 1 aromatic rings. The van der Waals surface area contributed by atoms with Crippen molar-refractivity contribution in [3.05, 3.63) is 34.9 Å². The van der Waals surface area contributed by atoms with Gasteiger partial charge in [0.25, 0.3) is 0 Å². The maximum Gasteiger partial charge on any atom is 0.210 e. The van der Waals surface area contributed by atoms with Gasteiger partial charge in [-0.1, -0.05) is 29.8 Å². The molecular formula is C11H12ClNO. The highest BCUT2D eigenvalue weighted by atomic mass is 35.5. The Hall–Kier alpha value is -1.02. The molecule has 74 valence electrons. The van der Waals surface area contributed by atoms with E-state index in [0.29, 0.717) is 12.6 Å². The molecule has 0 aromatic heterocycles. The monoisotopic (exact) mass is 209 g/mol. The van der Waals surface area contributed by atoms with Gasteiger partial charge in [-0.3, -0.25) is 4.79 Å². The fourth-order valence-electron chi connectivity index (χ4n) is 1.48. The second kappa shape index (κ2) is 4.01. The first kappa shape index (κ1) is 9.53. The van der Waals surface area contributed by atoms with Crippen LogP contribution in [0.25, 0.3) is 0 Å². The van der Waals surface area contributed by atoms with Crippen LogP contribution in [0.15, 0.2) is 24.3 Å². The van der Waals surface area contributed by atoms with Gasteiger partial charge in [-0.15, -0.1) is 0 Å². The maximum absolute atomic E-state index is 10.8. The minimum atomic E-state index is 0.448. The van der Waals surface area contributed by atoms with E-state index in [1.165, 1.54) is 0 Å². The average Bonchev–Trinajstić information content (AvgIpc) is 3.00. The Kier molecular flexibility index (Phi) is 2.73. The number of halogens is 1. The van der Waals surface area contributed by atoms with E-state index >= 15 is 0 Å². The lowest BCUT2D eigenvalue weighted by Crippen LogP contribution is -2.23. The third-order valence-electron chi connectivity index (χ3n) is 2.46. The van der Waals surface area contributed by atoms with E-state index < -0.39 is 0 Å². The largest absolute Gasteiger partial charge is 0.338 e. The standard InChI is InChI=1S/C11H12ClNO/c12-11-4-2-1-3-9(11)7-13(8-14)10-5-6-10/h1-4,8,10H,5-7H2. The van der Waals surface area contributed by atoms with Crippen molar-refractivity contribution in [2.24, 2.45) is 0 Å². The highest BCUT2D eigenvalue weighted by Crippen LogP contribution is 2.28. The first-order valence-electron chi connectivity index (χ1n) is 4.75. The van der Waals surface area contributed by atoms with Crippen LogP contribution in [0, 0.1) is 0 Å². The van der Waals surface area contributed by atoms with E-state index in [1.54, 1.807) is 0 Å². The highest BCUT2D eigenvalue weighted by molar-refractivity contribution is 6.31. The number of nitrogens with zero attached hydrogens (tertiary/aromatic N) is 1. The Bertz CT molecular complexity index is 336. The second-order valence-corrected chi connectivity index (χ2v) is 4.01. The summed E-state index contributed by atoms with van der Waals surface area (Å²) in [6, 6.07) is 8.10. The SMILES string of the molecule is O=CN(Cc1ccccc1Cl)C1CC1. The van der Waals surface area contributed by atoms with Crippen LogP contribution in [0.4, 0.5) is 0 Å². The van der Waals surface area contributed by atoms with Crippen molar-refractivity contribution in [1.82, 2.24) is 4.90 Å². The quantitative estimate of drug-likeness (QED) is 0.698. The summed E-state index contributed by atoms with van der Waals surface area (Å²) in [6.07, 6.45) is 3.17. The van der Waals surface area contributed by atoms with E-state index in [2.05, 4.69) is 0 Å². The normalized spacial score (nSPS) is 15.2. The second-order valence-electron chi connectivity index (χ2n) is 3.60. The molecule has 1 saturated carbocycles.